The Morgan fingerprint density at radius 1 is 1.07 bits per heavy atom. The monoisotopic (exact) mass is 418 g/mol. The first-order valence-corrected chi connectivity index (χ1v) is 10.6. The smallest absolute Gasteiger partial charge is 0.257 e. The molecule has 0 aromatic heterocycles. The number of halogens is 2. The van der Waals surface area contributed by atoms with Gasteiger partial charge in [0.1, 0.15) is 12.4 Å². The van der Waals surface area contributed by atoms with Gasteiger partial charge in [0, 0.05) is 34.7 Å². The number of para-hydroxylation sites is 1. The van der Waals surface area contributed by atoms with Crippen LogP contribution in [0.15, 0.2) is 42.5 Å². The second-order valence-electron chi connectivity index (χ2n) is 7.46. The van der Waals surface area contributed by atoms with E-state index in [0.717, 1.165) is 38.2 Å². The summed E-state index contributed by atoms with van der Waals surface area (Å²) in [6.45, 7) is 4.21. The van der Waals surface area contributed by atoms with Gasteiger partial charge in [0.15, 0.2) is 0 Å². The van der Waals surface area contributed by atoms with E-state index in [-0.39, 0.29) is 12.5 Å². The van der Waals surface area contributed by atoms with Crippen molar-refractivity contribution in [1.29, 1.82) is 0 Å². The molecule has 4 rings (SSSR count). The zero-order valence-corrected chi connectivity index (χ0v) is 17.3. The van der Waals surface area contributed by atoms with Gasteiger partial charge in [-0.1, -0.05) is 41.4 Å². The zero-order chi connectivity index (χ0) is 19.5. The van der Waals surface area contributed by atoms with Crippen LogP contribution < -0.4 is 4.74 Å². The molecule has 1 unspecified atom stereocenters. The molecule has 2 aromatic carbocycles. The van der Waals surface area contributed by atoms with Gasteiger partial charge in [-0.15, -0.1) is 0 Å². The number of ether oxygens (including phenoxy) is 1. The summed E-state index contributed by atoms with van der Waals surface area (Å²) in [5.41, 5.74) is 1.44. The molecule has 0 N–H and O–H groups in total. The Morgan fingerprint density at radius 2 is 1.86 bits per heavy atom. The van der Waals surface area contributed by atoms with E-state index in [9.17, 15) is 4.79 Å². The van der Waals surface area contributed by atoms with Crippen molar-refractivity contribution in [2.75, 3.05) is 26.2 Å². The molecule has 0 spiro atoms. The molecule has 148 valence electrons. The van der Waals surface area contributed by atoms with Crippen LogP contribution >= 0.6 is 23.2 Å². The molecule has 0 bridgehead atoms. The summed E-state index contributed by atoms with van der Waals surface area (Å²) in [4.78, 5) is 17.6. The van der Waals surface area contributed by atoms with Gasteiger partial charge in [0.25, 0.3) is 5.91 Å². The third-order valence-electron chi connectivity index (χ3n) is 5.62. The number of nitrogens with zero attached hydrogens (tertiary/aromatic N) is 2. The molecule has 2 heterocycles. The minimum atomic E-state index is 0.0412. The number of carbonyl (C=O) groups is 1. The van der Waals surface area contributed by atoms with Crippen LogP contribution in [-0.4, -0.2) is 47.9 Å². The second kappa shape index (κ2) is 8.73. The summed E-state index contributed by atoms with van der Waals surface area (Å²) in [6, 6.07) is 13.3. The molecule has 2 aromatic rings. The summed E-state index contributed by atoms with van der Waals surface area (Å²) < 4.78 is 5.97. The van der Waals surface area contributed by atoms with Crippen LogP contribution in [-0.2, 0) is 6.61 Å². The third-order valence-corrected chi connectivity index (χ3v) is 6.21. The Bertz CT molecular complexity index is 852. The van der Waals surface area contributed by atoms with Crippen molar-refractivity contribution < 1.29 is 9.53 Å². The fourth-order valence-electron chi connectivity index (χ4n) is 4.06. The van der Waals surface area contributed by atoms with E-state index in [4.69, 9.17) is 27.9 Å². The third kappa shape index (κ3) is 4.29. The average Bonchev–Trinajstić information content (AvgIpc) is 3.39. The van der Waals surface area contributed by atoms with Gasteiger partial charge >= 0.3 is 0 Å². The van der Waals surface area contributed by atoms with Crippen LogP contribution in [0.2, 0.25) is 10.0 Å². The van der Waals surface area contributed by atoms with Crippen LogP contribution in [0.5, 0.6) is 5.75 Å². The average molecular weight is 419 g/mol. The predicted molar refractivity (Wildman–Crippen MR) is 112 cm³/mol. The maximum atomic E-state index is 13.1. The van der Waals surface area contributed by atoms with Gasteiger partial charge in [-0.25, -0.2) is 0 Å². The van der Waals surface area contributed by atoms with Gasteiger partial charge in [0.05, 0.1) is 5.56 Å². The van der Waals surface area contributed by atoms with Crippen molar-refractivity contribution in [3.05, 3.63) is 63.6 Å². The zero-order valence-electron chi connectivity index (χ0n) is 15.7. The van der Waals surface area contributed by atoms with Crippen molar-refractivity contribution >= 4 is 29.1 Å². The molecular formula is C22H24Cl2N2O2. The molecule has 0 radical (unpaired) electrons. The number of likely N-dealkylation sites (tertiary alicyclic amines) is 2. The van der Waals surface area contributed by atoms with E-state index in [1.54, 1.807) is 12.1 Å². The van der Waals surface area contributed by atoms with E-state index in [2.05, 4.69) is 4.90 Å². The highest BCUT2D eigenvalue weighted by Crippen LogP contribution is 2.27. The number of rotatable bonds is 5. The standard InChI is InChI=1S/C22H24Cl2N2O2/c23-17-8-7-16(20(24)13-17)15-28-21-6-2-1-5-19(21)22(27)26-12-9-18(14-26)25-10-3-4-11-25/h1-2,5-8,13,18H,3-4,9-12,14-15H2. The van der Waals surface area contributed by atoms with Gasteiger partial charge in [0.2, 0.25) is 0 Å². The van der Waals surface area contributed by atoms with Crippen molar-refractivity contribution in [2.24, 2.45) is 0 Å². The number of benzene rings is 2. The summed E-state index contributed by atoms with van der Waals surface area (Å²) in [5.74, 6) is 0.627. The molecule has 2 aliphatic heterocycles. The van der Waals surface area contributed by atoms with Crippen LogP contribution in [0.4, 0.5) is 0 Å². The van der Waals surface area contributed by atoms with Gasteiger partial charge in [-0.05, 0) is 56.6 Å². The molecule has 0 saturated carbocycles. The minimum Gasteiger partial charge on any atom is -0.488 e. The SMILES string of the molecule is O=C(c1ccccc1OCc1ccc(Cl)cc1Cl)N1CCC(N2CCCC2)C1. The Labute approximate surface area is 176 Å². The molecule has 2 fully saturated rings. The first-order chi connectivity index (χ1) is 13.6. The molecule has 1 atom stereocenters. The minimum absolute atomic E-state index is 0.0412. The van der Waals surface area contributed by atoms with Crippen molar-refractivity contribution in [1.82, 2.24) is 9.80 Å². The number of hydrogen-bond donors (Lipinski definition) is 0. The van der Waals surface area contributed by atoms with Gasteiger partial charge in [-0.3, -0.25) is 9.69 Å². The second-order valence-corrected chi connectivity index (χ2v) is 8.30. The lowest BCUT2D eigenvalue weighted by atomic mass is 10.1. The predicted octanol–water partition coefficient (Wildman–Crippen LogP) is 4.88. The maximum Gasteiger partial charge on any atom is 0.257 e. The van der Waals surface area contributed by atoms with Crippen molar-refractivity contribution in [2.45, 2.75) is 31.9 Å². The molecule has 4 nitrogen and oxygen atoms in total. The lowest BCUT2D eigenvalue weighted by Gasteiger charge is -2.24. The highest BCUT2D eigenvalue weighted by Gasteiger charge is 2.32. The fraction of sp³-hybridized carbons (Fsp3) is 0.409. The Morgan fingerprint density at radius 3 is 2.64 bits per heavy atom. The van der Waals surface area contributed by atoms with Crippen LogP contribution in [0.1, 0.15) is 35.2 Å². The quantitative estimate of drug-likeness (QED) is 0.693. The van der Waals surface area contributed by atoms with Gasteiger partial charge in [-0.2, -0.15) is 0 Å². The molecule has 2 saturated heterocycles. The molecule has 1 amide bonds. The number of carbonyl (C=O) groups excluding carboxylic acids is 1. The van der Waals surface area contributed by atoms with Crippen LogP contribution in [0, 0.1) is 0 Å². The molecule has 2 aliphatic rings. The van der Waals surface area contributed by atoms with E-state index in [1.807, 2.05) is 35.2 Å². The summed E-state index contributed by atoms with van der Waals surface area (Å²) in [7, 11) is 0. The Kier molecular flexibility index (Phi) is 6.10. The summed E-state index contributed by atoms with van der Waals surface area (Å²) in [6.07, 6.45) is 3.60. The first kappa shape index (κ1) is 19.6. The van der Waals surface area contributed by atoms with Crippen molar-refractivity contribution in [3.8, 4) is 5.75 Å². The van der Waals surface area contributed by atoms with E-state index in [0.29, 0.717) is 27.4 Å². The highest BCUT2D eigenvalue weighted by atomic mass is 35.5. The topological polar surface area (TPSA) is 32.8 Å². The van der Waals surface area contributed by atoms with Gasteiger partial charge < -0.3 is 9.64 Å². The van der Waals surface area contributed by atoms with E-state index in [1.165, 1.54) is 12.8 Å². The van der Waals surface area contributed by atoms with E-state index < -0.39 is 0 Å². The fourth-order valence-corrected chi connectivity index (χ4v) is 4.53. The maximum absolute atomic E-state index is 13.1. The largest absolute Gasteiger partial charge is 0.488 e. The Balaban J connectivity index is 1.44. The lowest BCUT2D eigenvalue weighted by Crippen LogP contribution is -2.37. The highest BCUT2D eigenvalue weighted by molar-refractivity contribution is 6.35. The normalized spacial score (nSPS) is 19.9. The van der Waals surface area contributed by atoms with Crippen molar-refractivity contribution in [3.63, 3.8) is 0 Å². The molecular weight excluding hydrogens is 395 g/mol. The number of amides is 1. The lowest BCUT2D eigenvalue weighted by molar-refractivity contribution is 0.0775. The summed E-state index contributed by atoms with van der Waals surface area (Å²) in [5, 5.41) is 1.15. The molecule has 28 heavy (non-hydrogen) atoms. The summed E-state index contributed by atoms with van der Waals surface area (Å²) >= 11 is 12.2. The van der Waals surface area contributed by atoms with Crippen LogP contribution in [0.25, 0.3) is 0 Å². The molecule has 6 heteroatoms. The Hall–Kier alpha value is -1.75. The van der Waals surface area contributed by atoms with Crippen LogP contribution in [0.3, 0.4) is 0 Å². The number of hydrogen-bond acceptors (Lipinski definition) is 3. The molecule has 0 aliphatic carbocycles. The van der Waals surface area contributed by atoms with E-state index >= 15 is 0 Å². The first-order valence-electron chi connectivity index (χ1n) is 9.81.